The van der Waals surface area contributed by atoms with Gasteiger partial charge in [0.1, 0.15) is 0 Å². The Morgan fingerprint density at radius 2 is 1.41 bits per heavy atom. The topological polar surface area (TPSA) is 61.3 Å². The van der Waals surface area contributed by atoms with Crippen molar-refractivity contribution >= 4 is 11.4 Å². The molecular formula is C37H58F4N2O. The maximum Gasteiger partial charge on any atom is 0.424 e. The van der Waals surface area contributed by atoms with Crippen molar-refractivity contribution in [1.29, 1.82) is 0 Å². The lowest BCUT2D eigenvalue weighted by Crippen LogP contribution is -2.61. The average molecular weight is 623 g/mol. The molecule has 4 aliphatic carbocycles. The highest BCUT2D eigenvalue weighted by Gasteiger charge is 2.66. The predicted molar refractivity (Wildman–Crippen MR) is 171 cm³/mol. The highest BCUT2D eigenvalue weighted by Crippen LogP contribution is 2.71. The number of hydrogen-bond acceptors (Lipinski definition) is 3. The van der Waals surface area contributed by atoms with E-state index in [9.17, 15) is 0 Å². The lowest BCUT2D eigenvalue weighted by atomic mass is 9.41. The Morgan fingerprint density at radius 1 is 0.795 bits per heavy atom. The minimum Gasteiger partial charge on any atom is -0.399 e. The van der Waals surface area contributed by atoms with Gasteiger partial charge in [-0.05, 0) is 127 Å². The summed E-state index contributed by atoms with van der Waals surface area (Å²) in [5.41, 5.74) is 9.94. The molecule has 0 heterocycles. The van der Waals surface area contributed by atoms with Crippen molar-refractivity contribution in [3.05, 3.63) is 23.8 Å². The first-order valence-corrected chi connectivity index (χ1v) is 17.4. The number of alkyl halides is 4. The van der Waals surface area contributed by atoms with Crippen molar-refractivity contribution in [2.24, 2.45) is 57.7 Å². The van der Waals surface area contributed by atoms with Crippen LogP contribution in [0.2, 0.25) is 0 Å². The van der Waals surface area contributed by atoms with E-state index in [1.54, 1.807) is 0 Å². The predicted octanol–water partition coefficient (Wildman–Crippen LogP) is 10.7. The van der Waals surface area contributed by atoms with Gasteiger partial charge in [-0.25, -0.2) is 0 Å². The smallest absolute Gasteiger partial charge is 0.399 e. The Kier molecular flexibility index (Phi) is 8.95. The molecule has 0 saturated heterocycles. The summed E-state index contributed by atoms with van der Waals surface area (Å²) in [5.74, 6) is -0.197. The van der Waals surface area contributed by atoms with Gasteiger partial charge in [0.05, 0.1) is 6.10 Å². The number of hydrogen-bond donors (Lipinski definition) is 2. The quantitative estimate of drug-likeness (QED) is 0.213. The van der Waals surface area contributed by atoms with Gasteiger partial charge >= 0.3 is 12.0 Å². The number of fused-ring (bicyclic) bond motifs is 5. The molecule has 250 valence electrons. The third-order valence-corrected chi connectivity index (χ3v) is 13.7. The zero-order valence-corrected chi connectivity index (χ0v) is 28.2. The molecular weight excluding hydrogens is 564 g/mol. The summed E-state index contributed by atoms with van der Waals surface area (Å²) in [4.78, 5) is 0. The van der Waals surface area contributed by atoms with Gasteiger partial charge in [-0.2, -0.15) is 17.6 Å². The second-order valence-electron chi connectivity index (χ2n) is 17.0. The highest BCUT2D eigenvalue weighted by atomic mass is 19.3. The number of ether oxygens (including phenoxy) is 1. The van der Waals surface area contributed by atoms with Crippen LogP contribution in [-0.4, -0.2) is 12.2 Å². The van der Waals surface area contributed by atoms with Crippen LogP contribution in [0.4, 0.5) is 28.9 Å². The van der Waals surface area contributed by atoms with Crippen LogP contribution in [0.3, 0.4) is 0 Å². The zero-order chi connectivity index (χ0) is 32.5. The first kappa shape index (κ1) is 33.9. The van der Waals surface area contributed by atoms with Crippen molar-refractivity contribution in [1.82, 2.24) is 0 Å². The van der Waals surface area contributed by atoms with Crippen LogP contribution in [0.15, 0.2) is 18.2 Å². The highest BCUT2D eigenvalue weighted by molar-refractivity contribution is 5.55. The fourth-order valence-corrected chi connectivity index (χ4v) is 11.6. The molecule has 4 aliphatic rings. The van der Waals surface area contributed by atoms with Crippen molar-refractivity contribution in [2.75, 3.05) is 11.5 Å². The SMILES string of the molecule is CC(C)CCCC(C)[C@H]1CC[C@H]2[C@@H]3CCC4C(C)(C)C(OC(F)(F)C(F)(F)c5cc(N)cc(N)c5)CC[C@]4(C)[C@H]3CC[C@]12C. The Morgan fingerprint density at radius 3 is 2.05 bits per heavy atom. The maximum atomic E-state index is 15.4. The van der Waals surface area contributed by atoms with Crippen LogP contribution < -0.4 is 11.5 Å². The number of nitrogen functional groups attached to an aromatic ring is 2. The number of benzene rings is 1. The molecule has 4 fully saturated rings. The third-order valence-electron chi connectivity index (χ3n) is 13.7. The van der Waals surface area contributed by atoms with E-state index < -0.39 is 29.1 Å². The number of halogens is 4. The van der Waals surface area contributed by atoms with Crippen molar-refractivity contribution in [2.45, 2.75) is 137 Å². The van der Waals surface area contributed by atoms with Gasteiger partial charge in [0.25, 0.3) is 0 Å². The molecule has 1 aromatic carbocycles. The largest absolute Gasteiger partial charge is 0.424 e. The minimum atomic E-state index is -4.70. The molecule has 0 aliphatic heterocycles. The first-order chi connectivity index (χ1) is 20.3. The molecule has 44 heavy (non-hydrogen) atoms. The van der Waals surface area contributed by atoms with Crippen molar-refractivity contribution in [3.63, 3.8) is 0 Å². The van der Waals surface area contributed by atoms with Gasteiger partial charge in [-0.3, -0.25) is 0 Å². The van der Waals surface area contributed by atoms with E-state index in [0.29, 0.717) is 23.7 Å². The molecule has 3 unspecified atom stereocenters. The van der Waals surface area contributed by atoms with Crippen LogP contribution in [0.5, 0.6) is 0 Å². The van der Waals surface area contributed by atoms with E-state index in [1.165, 1.54) is 51.0 Å². The Balaban J connectivity index is 1.31. The summed E-state index contributed by atoms with van der Waals surface area (Å²) in [5, 5.41) is 0. The maximum absolute atomic E-state index is 15.4. The van der Waals surface area contributed by atoms with Gasteiger partial charge in [-0.15, -0.1) is 0 Å². The molecule has 0 aromatic heterocycles. The Hall–Kier alpha value is -1.50. The van der Waals surface area contributed by atoms with Crippen LogP contribution >= 0.6 is 0 Å². The second-order valence-corrected chi connectivity index (χ2v) is 17.0. The van der Waals surface area contributed by atoms with Crippen LogP contribution in [0, 0.1) is 57.7 Å². The third kappa shape index (κ3) is 5.57. The summed E-state index contributed by atoms with van der Waals surface area (Å²) < 4.78 is 66.7. The normalized spacial score (nSPS) is 37.7. The van der Waals surface area contributed by atoms with E-state index in [-0.39, 0.29) is 22.7 Å². The molecule has 1 aromatic rings. The van der Waals surface area contributed by atoms with Crippen molar-refractivity contribution in [3.8, 4) is 0 Å². The summed E-state index contributed by atoms with van der Waals surface area (Å²) in [6.07, 6.45) is 6.47. The molecule has 0 bridgehead atoms. The van der Waals surface area contributed by atoms with Crippen molar-refractivity contribution < 1.29 is 22.3 Å². The fourth-order valence-electron chi connectivity index (χ4n) is 11.6. The lowest BCUT2D eigenvalue weighted by molar-refractivity contribution is -0.385. The molecule has 0 radical (unpaired) electrons. The first-order valence-electron chi connectivity index (χ1n) is 17.4. The number of nitrogens with two attached hydrogens (primary N) is 2. The zero-order valence-electron chi connectivity index (χ0n) is 28.2. The Bertz CT molecular complexity index is 1170. The molecule has 4 N–H and O–H groups in total. The van der Waals surface area contributed by atoms with Gasteiger partial charge < -0.3 is 16.2 Å². The van der Waals surface area contributed by atoms with Gasteiger partial charge in [0, 0.05) is 16.9 Å². The van der Waals surface area contributed by atoms with E-state index in [0.717, 1.165) is 55.1 Å². The van der Waals surface area contributed by atoms with E-state index in [2.05, 4.69) is 34.6 Å². The minimum absolute atomic E-state index is 0.00525. The van der Waals surface area contributed by atoms with Crippen LogP contribution in [0.1, 0.15) is 125 Å². The lowest BCUT2D eigenvalue weighted by Gasteiger charge is -2.65. The van der Waals surface area contributed by atoms with E-state index in [4.69, 9.17) is 16.2 Å². The summed E-state index contributed by atoms with van der Waals surface area (Å²) in [6.45, 7) is 16.1. The standard InChI is InChI=1S/C37H58F4N2O/c1-22(2)9-8-10-23(3)28-12-13-29-27-11-14-31-33(4,5)32(16-18-35(31,7)30(27)15-17-34(28,29)6)44-37(40,41)36(38,39)24-19-25(42)21-26(43)20-24/h19-23,27-32H,8-18,42-43H2,1-7H3/t23?,27-,28+,29-,30-,31?,32?,34+,35+/m0/s1. The fraction of sp³-hybridized carbons (Fsp3) is 0.838. The summed E-state index contributed by atoms with van der Waals surface area (Å²) >= 11 is 0. The van der Waals surface area contributed by atoms with E-state index >= 15 is 17.6 Å². The van der Waals surface area contributed by atoms with Gasteiger partial charge in [-0.1, -0.05) is 67.7 Å². The Labute approximate surface area is 263 Å². The molecule has 4 saturated carbocycles. The molecule has 3 nitrogen and oxygen atoms in total. The van der Waals surface area contributed by atoms with Crippen LogP contribution in [0.25, 0.3) is 0 Å². The summed E-state index contributed by atoms with van der Waals surface area (Å²) in [6, 6.07) is 2.98. The molecule has 0 amide bonds. The number of rotatable bonds is 9. The van der Waals surface area contributed by atoms with Gasteiger partial charge in [0.2, 0.25) is 0 Å². The second kappa shape index (κ2) is 11.6. The molecule has 5 rings (SSSR count). The molecule has 9 atom stereocenters. The summed E-state index contributed by atoms with van der Waals surface area (Å²) in [7, 11) is 0. The molecule has 0 spiro atoms. The monoisotopic (exact) mass is 622 g/mol. The van der Waals surface area contributed by atoms with E-state index in [1.807, 2.05) is 13.8 Å². The van der Waals surface area contributed by atoms with Crippen LogP contribution in [-0.2, 0) is 10.7 Å². The number of anilines is 2. The average Bonchev–Trinajstić information content (AvgIpc) is 3.27. The molecule has 7 heteroatoms. The van der Waals surface area contributed by atoms with Gasteiger partial charge in [0.15, 0.2) is 0 Å².